The van der Waals surface area contributed by atoms with Gasteiger partial charge in [-0.1, -0.05) is 60.2 Å². The maximum absolute atomic E-state index is 14.2. The molecule has 38 heavy (non-hydrogen) atoms. The summed E-state index contributed by atoms with van der Waals surface area (Å²) in [5.41, 5.74) is 1.41. The van der Waals surface area contributed by atoms with Crippen molar-refractivity contribution in [2.24, 2.45) is 0 Å². The number of carbonyl (C=O) groups is 3. The van der Waals surface area contributed by atoms with Gasteiger partial charge in [-0.15, -0.1) is 0 Å². The lowest BCUT2D eigenvalue weighted by Crippen LogP contribution is -2.59. The van der Waals surface area contributed by atoms with Crippen LogP contribution in [0.1, 0.15) is 44.7 Å². The predicted molar refractivity (Wildman–Crippen MR) is 140 cm³/mol. The Hall–Kier alpha value is -4.04. The van der Waals surface area contributed by atoms with Crippen molar-refractivity contribution in [1.82, 2.24) is 15.1 Å². The summed E-state index contributed by atoms with van der Waals surface area (Å²) in [4.78, 5) is 43.3. The zero-order valence-corrected chi connectivity index (χ0v) is 21.2. The standard InChI is InChI=1S/C30H30FN3O4/c1-21-11-13-23(14-12-21)28(36)34-26(27(35)32-19-22-7-3-2-4-8-22)20-38-30(34)15-17-33(18-16-30)29(37)24-9-5-6-10-25(24)31/h2-14,26H,15-20H2,1H3,(H,32,35)/t26-/m0/s1. The number of nitrogens with one attached hydrogen (secondary N) is 1. The maximum atomic E-state index is 14.2. The molecule has 3 amide bonds. The van der Waals surface area contributed by atoms with E-state index in [9.17, 15) is 18.8 Å². The summed E-state index contributed by atoms with van der Waals surface area (Å²) < 4.78 is 20.5. The van der Waals surface area contributed by atoms with Crippen LogP contribution in [0.3, 0.4) is 0 Å². The van der Waals surface area contributed by atoms with Crippen LogP contribution < -0.4 is 5.32 Å². The zero-order chi connectivity index (χ0) is 26.7. The third-order valence-corrected chi connectivity index (χ3v) is 7.33. The molecule has 196 valence electrons. The second-order valence-corrected chi connectivity index (χ2v) is 9.79. The molecule has 5 rings (SSSR count). The second kappa shape index (κ2) is 10.8. The van der Waals surface area contributed by atoms with Crippen LogP contribution >= 0.6 is 0 Å². The average Bonchev–Trinajstić information content (AvgIpc) is 3.31. The van der Waals surface area contributed by atoms with Gasteiger partial charge in [-0.2, -0.15) is 0 Å². The number of piperidine rings is 1. The topological polar surface area (TPSA) is 79.0 Å². The summed E-state index contributed by atoms with van der Waals surface area (Å²) in [5, 5.41) is 2.94. The Labute approximate surface area is 221 Å². The van der Waals surface area contributed by atoms with Crippen LogP contribution in [-0.4, -0.2) is 59.0 Å². The first kappa shape index (κ1) is 25.6. The third-order valence-electron chi connectivity index (χ3n) is 7.33. The van der Waals surface area contributed by atoms with E-state index in [4.69, 9.17) is 4.74 Å². The van der Waals surface area contributed by atoms with Gasteiger partial charge in [-0.3, -0.25) is 19.3 Å². The second-order valence-electron chi connectivity index (χ2n) is 9.79. The molecule has 1 atom stereocenters. The number of likely N-dealkylation sites (tertiary alicyclic amines) is 1. The van der Waals surface area contributed by atoms with E-state index in [0.717, 1.165) is 11.1 Å². The van der Waals surface area contributed by atoms with Crippen LogP contribution in [0.15, 0.2) is 78.9 Å². The minimum atomic E-state index is -1.04. The molecule has 2 aliphatic heterocycles. The summed E-state index contributed by atoms with van der Waals surface area (Å²) in [6.45, 7) is 2.86. The molecule has 2 fully saturated rings. The van der Waals surface area contributed by atoms with E-state index in [1.54, 1.807) is 34.1 Å². The highest BCUT2D eigenvalue weighted by atomic mass is 19.1. The highest BCUT2D eigenvalue weighted by molar-refractivity contribution is 5.98. The van der Waals surface area contributed by atoms with E-state index in [1.165, 1.54) is 12.1 Å². The van der Waals surface area contributed by atoms with Crippen LogP contribution in [0.25, 0.3) is 0 Å². The van der Waals surface area contributed by atoms with E-state index >= 15 is 0 Å². The van der Waals surface area contributed by atoms with Crippen molar-refractivity contribution < 1.29 is 23.5 Å². The smallest absolute Gasteiger partial charge is 0.256 e. The number of ether oxygens (including phenoxy) is 1. The average molecular weight is 516 g/mol. The molecule has 7 nitrogen and oxygen atoms in total. The lowest BCUT2D eigenvalue weighted by atomic mass is 9.96. The normalized spacial score (nSPS) is 18.4. The van der Waals surface area contributed by atoms with Gasteiger partial charge < -0.3 is 15.0 Å². The van der Waals surface area contributed by atoms with Crippen LogP contribution in [-0.2, 0) is 16.1 Å². The number of nitrogens with zero attached hydrogens (tertiary/aromatic N) is 2. The van der Waals surface area contributed by atoms with E-state index in [0.29, 0.717) is 24.9 Å². The maximum Gasteiger partial charge on any atom is 0.256 e. The molecule has 0 bridgehead atoms. The van der Waals surface area contributed by atoms with Crippen LogP contribution in [0.2, 0.25) is 0 Å². The number of carbonyl (C=O) groups excluding carboxylic acids is 3. The van der Waals surface area contributed by atoms with Gasteiger partial charge in [-0.05, 0) is 36.8 Å². The highest BCUT2D eigenvalue weighted by Gasteiger charge is 2.54. The van der Waals surface area contributed by atoms with Gasteiger partial charge in [0, 0.05) is 38.0 Å². The van der Waals surface area contributed by atoms with Gasteiger partial charge in [0.15, 0.2) is 0 Å². The number of hydrogen-bond acceptors (Lipinski definition) is 4. The fourth-order valence-corrected chi connectivity index (χ4v) is 5.17. The van der Waals surface area contributed by atoms with Gasteiger partial charge in [-0.25, -0.2) is 4.39 Å². The SMILES string of the molecule is Cc1ccc(C(=O)N2[C@H](C(=O)NCc3ccccc3)COC23CCN(C(=O)c2ccccc2F)CC3)cc1. The lowest BCUT2D eigenvalue weighted by Gasteiger charge is -2.44. The quantitative estimate of drug-likeness (QED) is 0.559. The fourth-order valence-electron chi connectivity index (χ4n) is 5.17. The minimum Gasteiger partial charge on any atom is -0.353 e. The van der Waals surface area contributed by atoms with Crippen LogP contribution in [0.5, 0.6) is 0 Å². The van der Waals surface area contributed by atoms with Crippen LogP contribution in [0, 0.1) is 12.7 Å². The van der Waals surface area contributed by atoms with Gasteiger partial charge in [0.25, 0.3) is 11.8 Å². The lowest BCUT2D eigenvalue weighted by molar-refractivity contribution is -0.128. The van der Waals surface area contributed by atoms with Crippen molar-refractivity contribution in [3.05, 3.63) is 107 Å². The molecule has 1 N–H and O–H groups in total. The molecule has 3 aromatic rings. The number of hydrogen-bond donors (Lipinski definition) is 1. The molecule has 0 radical (unpaired) electrons. The molecule has 0 aliphatic carbocycles. The Kier molecular flexibility index (Phi) is 7.24. The number of benzene rings is 3. The Balaban J connectivity index is 1.37. The molecule has 0 unspecified atom stereocenters. The zero-order valence-electron chi connectivity index (χ0n) is 21.2. The predicted octanol–water partition coefficient (Wildman–Crippen LogP) is 3.92. The molecule has 1 spiro atoms. The first-order chi connectivity index (χ1) is 18.4. The van der Waals surface area contributed by atoms with Gasteiger partial charge in [0.05, 0.1) is 12.2 Å². The van der Waals surface area contributed by atoms with Crippen molar-refractivity contribution in [3.8, 4) is 0 Å². The van der Waals surface area contributed by atoms with Gasteiger partial charge in [0.2, 0.25) is 5.91 Å². The summed E-state index contributed by atoms with van der Waals surface area (Å²) in [7, 11) is 0. The molecule has 0 saturated carbocycles. The summed E-state index contributed by atoms with van der Waals surface area (Å²) >= 11 is 0. The number of amides is 3. The summed E-state index contributed by atoms with van der Waals surface area (Å²) in [6, 6.07) is 21.9. The molecular formula is C30H30FN3O4. The molecule has 0 aromatic heterocycles. The number of rotatable bonds is 5. The summed E-state index contributed by atoms with van der Waals surface area (Å²) in [6.07, 6.45) is 0.626. The Morgan fingerprint density at radius 1 is 0.921 bits per heavy atom. The van der Waals surface area contributed by atoms with Crippen molar-refractivity contribution in [2.45, 2.75) is 38.1 Å². The van der Waals surface area contributed by atoms with E-state index < -0.39 is 23.5 Å². The van der Waals surface area contributed by atoms with Crippen LogP contribution in [0.4, 0.5) is 4.39 Å². The monoisotopic (exact) mass is 515 g/mol. The molecule has 3 aromatic carbocycles. The molecule has 8 heteroatoms. The number of halogens is 1. The highest BCUT2D eigenvalue weighted by Crippen LogP contribution is 2.39. The number of aryl methyl sites for hydroxylation is 1. The largest absolute Gasteiger partial charge is 0.353 e. The Morgan fingerprint density at radius 2 is 1.58 bits per heavy atom. The molecule has 2 heterocycles. The molecular weight excluding hydrogens is 485 g/mol. The Morgan fingerprint density at radius 3 is 2.26 bits per heavy atom. The van der Waals surface area contributed by atoms with Crippen molar-refractivity contribution >= 4 is 17.7 Å². The van der Waals surface area contributed by atoms with Crippen molar-refractivity contribution in [3.63, 3.8) is 0 Å². The van der Waals surface area contributed by atoms with Gasteiger partial charge in [0.1, 0.15) is 17.6 Å². The first-order valence-electron chi connectivity index (χ1n) is 12.8. The Bertz CT molecular complexity index is 1320. The summed E-state index contributed by atoms with van der Waals surface area (Å²) in [5.74, 6) is -1.56. The third kappa shape index (κ3) is 5.04. The first-order valence-corrected chi connectivity index (χ1v) is 12.8. The van der Waals surface area contributed by atoms with Crippen molar-refractivity contribution in [1.29, 1.82) is 0 Å². The van der Waals surface area contributed by atoms with E-state index in [1.807, 2.05) is 49.4 Å². The minimum absolute atomic E-state index is 0.0153. The molecule has 2 aliphatic rings. The van der Waals surface area contributed by atoms with E-state index in [2.05, 4.69) is 5.32 Å². The van der Waals surface area contributed by atoms with Crippen molar-refractivity contribution in [2.75, 3.05) is 19.7 Å². The fraction of sp³-hybridized carbons (Fsp3) is 0.300. The molecule has 2 saturated heterocycles. The van der Waals surface area contributed by atoms with E-state index in [-0.39, 0.29) is 37.1 Å². The van der Waals surface area contributed by atoms with Gasteiger partial charge >= 0.3 is 0 Å².